The highest BCUT2D eigenvalue weighted by Crippen LogP contribution is 2.47. The number of nitrogens with one attached hydrogen (secondary N) is 1. The number of nitrogens with zero attached hydrogens (tertiary/aromatic N) is 1. The number of hydrogen-bond donors (Lipinski definition) is 2. The van der Waals surface area contributed by atoms with E-state index >= 15 is 0 Å². The normalized spacial score (nSPS) is 22.6. The number of hydrogen-bond acceptors (Lipinski definition) is 4. The van der Waals surface area contributed by atoms with Crippen LogP contribution in [0.2, 0.25) is 0 Å². The minimum absolute atomic E-state index is 0.0281. The third kappa shape index (κ3) is 2.90. The van der Waals surface area contributed by atoms with E-state index < -0.39 is 18.1 Å². The fourth-order valence-electron chi connectivity index (χ4n) is 4.22. The lowest BCUT2D eigenvalue weighted by Crippen LogP contribution is -2.55. The topological polar surface area (TPSA) is 86.7 Å². The molecule has 1 fully saturated rings. The quantitative estimate of drug-likeness (QED) is 0.846. The highest BCUT2D eigenvalue weighted by atomic mass is 32.1. The van der Waals surface area contributed by atoms with Gasteiger partial charge in [-0.05, 0) is 29.4 Å². The lowest BCUT2D eigenvalue weighted by atomic mass is 9.92. The largest absolute Gasteiger partial charge is 0.480 e. The molecule has 0 radical (unpaired) electrons. The first-order valence-electron chi connectivity index (χ1n) is 9.23. The predicted octanol–water partition coefficient (Wildman–Crippen LogP) is 2.71. The number of aliphatic carboxylic acids is 1. The first-order valence-corrected chi connectivity index (χ1v) is 10.0. The van der Waals surface area contributed by atoms with Crippen molar-refractivity contribution in [2.75, 3.05) is 0 Å². The summed E-state index contributed by atoms with van der Waals surface area (Å²) in [6.07, 6.45) is 1.56. The van der Waals surface area contributed by atoms with E-state index in [4.69, 9.17) is 0 Å². The van der Waals surface area contributed by atoms with Crippen molar-refractivity contribution in [3.63, 3.8) is 0 Å². The molecule has 2 amide bonds. The monoisotopic (exact) mass is 386 g/mol. The highest BCUT2D eigenvalue weighted by Gasteiger charge is 2.46. The van der Waals surface area contributed by atoms with Gasteiger partial charge in [0.25, 0.3) is 0 Å². The highest BCUT2D eigenvalue weighted by molar-refractivity contribution is 7.19. The second-order valence-corrected chi connectivity index (χ2v) is 8.67. The summed E-state index contributed by atoms with van der Waals surface area (Å²) in [6.45, 7) is 3.52. The van der Waals surface area contributed by atoms with Gasteiger partial charge in [-0.2, -0.15) is 0 Å². The third-order valence-electron chi connectivity index (χ3n) is 5.55. The van der Waals surface area contributed by atoms with E-state index in [0.717, 1.165) is 15.6 Å². The van der Waals surface area contributed by atoms with E-state index in [0.29, 0.717) is 19.3 Å². The molecule has 0 aliphatic carbocycles. The Balaban J connectivity index is 1.72. The van der Waals surface area contributed by atoms with E-state index in [1.807, 2.05) is 12.1 Å². The van der Waals surface area contributed by atoms with Crippen LogP contribution in [0.1, 0.15) is 43.2 Å². The Kier molecular flexibility index (Phi) is 4.42. The molecule has 3 heterocycles. The van der Waals surface area contributed by atoms with Crippen LogP contribution in [0.5, 0.6) is 0 Å². The van der Waals surface area contributed by atoms with E-state index in [9.17, 15) is 19.5 Å². The maximum atomic E-state index is 13.0. The van der Waals surface area contributed by atoms with Crippen molar-refractivity contribution in [1.29, 1.82) is 0 Å². The van der Waals surface area contributed by atoms with Crippen molar-refractivity contribution in [3.8, 4) is 0 Å². The zero-order valence-corrected chi connectivity index (χ0v) is 16.1. The molecule has 0 saturated carbocycles. The van der Waals surface area contributed by atoms with Crippen LogP contribution in [0.15, 0.2) is 24.3 Å². The van der Waals surface area contributed by atoms with E-state index in [1.165, 1.54) is 4.88 Å². The Morgan fingerprint density at radius 1 is 1.30 bits per heavy atom. The van der Waals surface area contributed by atoms with Gasteiger partial charge in [-0.15, -0.1) is 11.3 Å². The van der Waals surface area contributed by atoms with Crippen molar-refractivity contribution < 1.29 is 19.5 Å². The van der Waals surface area contributed by atoms with Crippen molar-refractivity contribution in [3.05, 3.63) is 34.7 Å². The summed E-state index contributed by atoms with van der Waals surface area (Å²) < 4.78 is 1.16. The smallest absolute Gasteiger partial charge is 0.326 e. The molecule has 0 unspecified atom stereocenters. The van der Waals surface area contributed by atoms with Gasteiger partial charge in [0.15, 0.2) is 0 Å². The lowest BCUT2D eigenvalue weighted by molar-refractivity contribution is -0.145. The van der Waals surface area contributed by atoms with Gasteiger partial charge in [-0.1, -0.05) is 32.0 Å². The number of fused-ring (bicyclic) bond motifs is 5. The summed E-state index contributed by atoms with van der Waals surface area (Å²) in [5, 5.41) is 13.2. The average molecular weight is 386 g/mol. The maximum Gasteiger partial charge on any atom is 0.326 e. The van der Waals surface area contributed by atoms with Gasteiger partial charge >= 0.3 is 5.97 Å². The van der Waals surface area contributed by atoms with Crippen LogP contribution < -0.4 is 5.32 Å². The first-order chi connectivity index (χ1) is 12.9. The lowest BCUT2D eigenvalue weighted by Gasteiger charge is -2.37. The zero-order valence-electron chi connectivity index (χ0n) is 15.3. The first kappa shape index (κ1) is 18.0. The van der Waals surface area contributed by atoms with Crippen molar-refractivity contribution in [1.82, 2.24) is 10.2 Å². The van der Waals surface area contributed by atoms with Gasteiger partial charge in [0.2, 0.25) is 11.8 Å². The Morgan fingerprint density at radius 3 is 2.74 bits per heavy atom. The fraction of sp³-hybridized carbons (Fsp3) is 0.450. The van der Waals surface area contributed by atoms with Gasteiger partial charge in [0, 0.05) is 22.4 Å². The van der Waals surface area contributed by atoms with E-state index in [1.54, 1.807) is 30.1 Å². The van der Waals surface area contributed by atoms with E-state index in [-0.39, 0.29) is 23.8 Å². The number of carbonyl (C=O) groups is 3. The van der Waals surface area contributed by atoms with E-state index in [2.05, 4.69) is 17.4 Å². The van der Waals surface area contributed by atoms with Crippen LogP contribution in [0.25, 0.3) is 10.1 Å². The Hall–Kier alpha value is -2.41. The molecule has 2 aromatic rings. The fourth-order valence-corrected chi connectivity index (χ4v) is 5.59. The van der Waals surface area contributed by atoms with Gasteiger partial charge in [0.1, 0.15) is 12.1 Å². The van der Waals surface area contributed by atoms with Crippen LogP contribution >= 0.6 is 11.3 Å². The molecule has 2 aliphatic rings. The molecule has 3 atom stereocenters. The summed E-state index contributed by atoms with van der Waals surface area (Å²) in [5.74, 6) is -1.70. The second-order valence-electron chi connectivity index (χ2n) is 7.58. The Labute approximate surface area is 161 Å². The minimum atomic E-state index is -1.06. The van der Waals surface area contributed by atoms with Crippen LogP contribution in [0, 0.1) is 5.92 Å². The van der Waals surface area contributed by atoms with Crippen LogP contribution in [0.3, 0.4) is 0 Å². The SMILES string of the molecule is CC(C)[C@H](NC(=O)[C@@H]1Cc2c(sc3ccccc23)[C@H]2CCC(=O)N21)C(=O)O. The number of benzene rings is 1. The number of carboxylic acids is 1. The standard InChI is InChI=1S/C20H22N2O4S/c1-10(2)17(20(25)26)21-19(24)14-9-12-11-5-3-4-6-15(11)27-18(12)13-7-8-16(23)22(13)14/h3-6,10,13-14,17H,7-9H2,1-2H3,(H,21,24)(H,25,26)/t13-,14+,17+/m1/s1. The number of rotatable bonds is 4. The number of carboxylic acid groups (broad SMARTS) is 1. The molecule has 0 bridgehead atoms. The predicted molar refractivity (Wildman–Crippen MR) is 103 cm³/mol. The van der Waals surface area contributed by atoms with Gasteiger partial charge < -0.3 is 15.3 Å². The molecule has 2 aliphatic heterocycles. The third-order valence-corrected chi connectivity index (χ3v) is 6.87. The molecular formula is C20H22N2O4S. The van der Waals surface area contributed by atoms with Crippen LogP contribution in [-0.4, -0.2) is 39.9 Å². The number of carbonyl (C=O) groups excluding carboxylic acids is 2. The van der Waals surface area contributed by atoms with Gasteiger partial charge in [0.05, 0.1) is 6.04 Å². The summed E-state index contributed by atoms with van der Waals surface area (Å²) in [7, 11) is 0. The zero-order chi connectivity index (χ0) is 19.3. The summed E-state index contributed by atoms with van der Waals surface area (Å²) >= 11 is 1.70. The molecular weight excluding hydrogens is 364 g/mol. The maximum absolute atomic E-state index is 13.0. The van der Waals surface area contributed by atoms with Crippen molar-refractivity contribution in [2.45, 2.75) is 51.2 Å². The summed E-state index contributed by atoms with van der Waals surface area (Å²) in [6, 6.07) is 6.39. The average Bonchev–Trinajstić information content (AvgIpc) is 3.19. The molecule has 7 heteroatoms. The summed E-state index contributed by atoms with van der Waals surface area (Å²) in [4.78, 5) is 39.9. The summed E-state index contributed by atoms with van der Waals surface area (Å²) in [5.41, 5.74) is 1.13. The number of amides is 2. The van der Waals surface area contributed by atoms with Crippen molar-refractivity contribution >= 4 is 39.2 Å². The van der Waals surface area contributed by atoms with Crippen molar-refractivity contribution in [2.24, 2.45) is 5.92 Å². The van der Waals surface area contributed by atoms with Crippen LogP contribution in [0.4, 0.5) is 0 Å². The Morgan fingerprint density at radius 2 is 2.04 bits per heavy atom. The molecule has 142 valence electrons. The molecule has 1 aromatic carbocycles. The van der Waals surface area contributed by atoms with Gasteiger partial charge in [-0.25, -0.2) is 4.79 Å². The Bertz CT molecular complexity index is 935. The molecule has 6 nitrogen and oxygen atoms in total. The second kappa shape index (κ2) is 6.64. The molecule has 2 N–H and O–H groups in total. The molecule has 27 heavy (non-hydrogen) atoms. The molecule has 1 aromatic heterocycles. The molecule has 4 rings (SSSR count). The minimum Gasteiger partial charge on any atom is -0.480 e. The molecule has 1 saturated heterocycles. The van der Waals surface area contributed by atoms with Gasteiger partial charge in [-0.3, -0.25) is 9.59 Å². The van der Waals surface area contributed by atoms with Crippen LogP contribution in [-0.2, 0) is 20.8 Å². The molecule has 0 spiro atoms. The number of thiophene rings is 1.